The molecule has 14 rings (SSSR count). The van der Waals surface area contributed by atoms with E-state index in [9.17, 15) is 0 Å². The van der Waals surface area contributed by atoms with Crippen molar-refractivity contribution in [2.75, 3.05) is 4.90 Å². The van der Waals surface area contributed by atoms with Crippen LogP contribution in [0.3, 0.4) is 0 Å². The molecule has 0 atom stereocenters. The topological polar surface area (TPSA) is 8.17 Å². The SMILES string of the molecule is c1ccc2c(c1)-c1ccccc1C21c2ccccc2-c2cccc(N(c3ccc(-n4c5ccccc5c5ccccc54)cc3)c3ccc4c5ccccc5c5ccccc5c4c3)c21. The zero-order valence-electron chi connectivity index (χ0n) is 34.3. The lowest BCUT2D eigenvalue weighted by Crippen LogP contribution is -2.28. The van der Waals surface area contributed by atoms with E-state index >= 15 is 0 Å². The molecule has 12 aromatic rings. The molecule has 2 nitrogen and oxygen atoms in total. The Morgan fingerprint density at radius 2 is 0.714 bits per heavy atom. The van der Waals surface area contributed by atoms with E-state index in [1.807, 2.05) is 0 Å². The second-order valence-corrected chi connectivity index (χ2v) is 17.1. The number of nitrogens with zero attached hydrogens (tertiary/aromatic N) is 2. The van der Waals surface area contributed by atoms with E-state index in [-0.39, 0.29) is 0 Å². The quantitative estimate of drug-likeness (QED) is 0.161. The van der Waals surface area contributed by atoms with E-state index in [4.69, 9.17) is 0 Å². The first kappa shape index (κ1) is 34.5. The van der Waals surface area contributed by atoms with Crippen molar-refractivity contribution in [1.82, 2.24) is 4.57 Å². The van der Waals surface area contributed by atoms with Crippen molar-refractivity contribution in [3.8, 4) is 27.9 Å². The standard InChI is InChI=1S/C61H38N2/c1-2-18-44-42(16-1)43-17-3-4-19-45(43)53-38-41(36-37-46(44)53)62(39-32-34-40(35-33-39)63-57-29-13-8-23-50(57)51-24-9-14-30-58(51)63)59-31-15-25-52-49-22-7-12-28-56(49)61(60(52)59)54-26-10-5-20-47(54)48-21-6-11-27-55(48)61/h1-38H. The molecule has 0 unspecified atom stereocenters. The van der Waals surface area contributed by atoms with Crippen LogP contribution in [0, 0.1) is 0 Å². The van der Waals surface area contributed by atoms with Crippen LogP contribution in [0.4, 0.5) is 17.1 Å². The van der Waals surface area contributed by atoms with Gasteiger partial charge in [-0.3, -0.25) is 0 Å². The number of aromatic nitrogens is 1. The van der Waals surface area contributed by atoms with Gasteiger partial charge in [0.2, 0.25) is 0 Å². The van der Waals surface area contributed by atoms with Crippen LogP contribution in [0.1, 0.15) is 22.3 Å². The Labute approximate surface area is 365 Å². The first-order valence-electron chi connectivity index (χ1n) is 21.9. The summed E-state index contributed by atoms with van der Waals surface area (Å²) in [6.07, 6.45) is 0. The summed E-state index contributed by atoms with van der Waals surface area (Å²) in [6.45, 7) is 0. The van der Waals surface area contributed by atoms with Gasteiger partial charge < -0.3 is 9.47 Å². The highest BCUT2D eigenvalue weighted by Gasteiger charge is 2.53. The normalized spacial score (nSPS) is 13.2. The fourth-order valence-electron chi connectivity index (χ4n) is 11.7. The molecule has 0 saturated carbocycles. The Hall–Kier alpha value is -8.20. The lowest BCUT2D eigenvalue weighted by atomic mass is 9.70. The van der Waals surface area contributed by atoms with Gasteiger partial charge in [-0.2, -0.15) is 0 Å². The van der Waals surface area contributed by atoms with Crippen molar-refractivity contribution in [2.24, 2.45) is 0 Å². The molecule has 0 radical (unpaired) electrons. The Kier molecular flexibility index (Phi) is 7.07. The zero-order chi connectivity index (χ0) is 41.2. The third-order valence-corrected chi connectivity index (χ3v) is 14.2. The van der Waals surface area contributed by atoms with Gasteiger partial charge in [-0.25, -0.2) is 0 Å². The molecule has 1 spiro atoms. The van der Waals surface area contributed by atoms with Crippen LogP contribution in [-0.2, 0) is 5.41 Å². The summed E-state index contributed by atoms with van der Waals surface area (Å²) in [4.78, 5) is 2.54. The second-order valence-electron chi connectivity index (χ2n) is 17.1. The van der Waals surface area contributed by atoms with Crippen LogP contribution in [0.15, 0.2) is 231 Å². The molecular weight excluding hydrogens is 761 g/mol. The maximum Gasteiger partial charge on any atom is 0.0746 e. The number of benzene rings is 11. The average molecular weight is 799 g/mol. The summed E-state index contributed by atoms with van der Waals surface area (Å²) >= 11 is 0. The molecule has 0 amide bonds. The minimum Gasteiger partial charge on any atom is -0.310 e. The van der Waals surface area contributed by atoms with Gasteiger partial charge in [0, 0.05) is 33.4 Å². The highest BCUT2D eigenvalue weighted by molar-refractivity contribution is 6.26. The Bertz CT molecular complexity index is 3720. The number of rotatable bonds is 4. The number of hydrogen-bond donors (Lipinski definition) is 0. The second kappa shape index (κ2) is 12.9. The summed E-state index contributed by atoms with van der Waals surface area (Å²) in [5.41, 5.74) is 16.9. The van der Waals surface area contributed by atoms with Crippen molar-refractivity contribution < 1.29 is 0 Å². The maximum atomic E-state index is 2.54. The molecular formula is C61H38N2. The molecule has 292 valence electrons. The van der Waals surface area contributed by atoms with Crippen molar-refractivity contribution in [2.45, 2.75) is 5.41 Å². The van der Waals surface area contributed by atoms with Crippen LogP contribution in [0.5, 0.6) is 0 Å². The third-order valence-electron chi connectivity index (χ3n) is 14.2. The third kappa shape index (κ3) is 4.57. The van der Waals surface area contributed by atoms with Crippen LogP contribution in [0.2, 0.25) is 0 Å². The molecule has 0 fully saturated rings. The fourth-order valence-corrected chi connectivity index (χ4v) is 11.7. The highest BCUT2D eigenvalue weighted by Crippen LogP contribution is 2.65. The lowest BCUT2D eigenvalue weighted by Gasteiger charge is -2.36. The van der Waals surface area contributed by atoms with Gasteiger partial charge in [0.25, 0.3) is 0 Å². The number of para-hydroxylation sites is 2. The molecule has 2 aliphatic carbocycles. The Balaban J connectivity index is 1.07. The van der Waals surface area contributed by atoms with Gasteiger partial charge in [0.05, 0.1) is 22.1 Å². The van der Waals surface area contributed by atoms with E-state index in [0.717, 1.165) is 17.1 Å². The summed E-state index contributed by atoms with van der Waals surface area (Å²) in [5.74, 6) is 0. The predicted octanol–water partition coefficient (Wildman–Crippen LogP) is 16.1. The van der Waals surface area contributed by atoms with Crippen molar-refractivity contribution in [1.29, 1.82) is 0 Å². The van der Waals surface area contributed by atoms with Crippen LogP contribution in [-0.4, -0.2) is 4.57 Å². The Morgan fingerprint density at radius 3 is 1.27 bits per heavy atom. The summed E-state index contributed by atoms with van der Waals surface area (Å²) in [5, 5.41) is 10.1. The molecule has 2 heteroatoms. The summed E-state index contributed by atoms with van der Waals surface area (Å²) in [7, 11) is 0. The van der Waals surface area contributed by atoms with Crippen LogP contribution < -0.4 is 4.90 Å². The molecule has 1 aromatic heterocycles. The average Bonchev–Trinajstić information content (AvgIpc) is 3.97. The van der Waals surface area contributed by atoms with E-state index in [2.05, 4.69) is 240 Å². The smallest absolute Gasteiger partial charge is 0.0746 e. The lowest BCUT2D eigenvalue weighted by molar-refractivity contribution is 0.793. The number of fused-ring (bicyclic) bond motifs is 19. The monoisotopic (exact) mass is 798 g/mol. The molecule has 63 heavy (non-hydrogen) atoms. The van der Waals surface area contributed by atoms with Crippen LogP contribution in [0.25, 0.3) is 82.1 Å². The zero-order valence-corrected chi connectivity index (χ0v) is 34.3. The Morgan fingerprint density at radius 1 is 0.302 bits per heavy atom. The summed E-state index contributed by atoms with van der Waals surface area (Å²) < 4.78 is 2.41. The van der Waals surface area contributed by atoms with E-state index in [1.165, 1.54) is 104 Å². The van der Waals surface area contributed by atoms with E-state index < -0.39 is 5.41 Å². The molecule has 11 aromatic carbocycles. The fraction of sp³-hybridized carbons (Fsp3) is 0.0164. The van der Waals surface area contributed by atoms with Gasteiger partial charge in [0.15, 0.2) is 0 Å². The van der Waals surface area contributed by atoms with Gasteiger partial charge in [-0.05, 0) is 126 Å². The number of anilines is 3. The predicted molar refractivity (Wildman–Crippen MR) is 264 cm³/mol. The highest BCUT2D eigenvalue weighted by atomic mass is 15.1. The minimum absolute atomic E-state index is 0.517. The van der Waals surface area contributed by atoms with Gasteiger partial charge in [-0.15, -0.1) is 0 Å². The van der Waals surface area contributed by atoms with Gasteiger partial charge in [0.1, 0.15) is 0 Å². The molecule has 0 saturated heterocycles. The van der Waals surface area contributed by atoms with Gasteiger partial charge in [-0.1, -0.05) is 176 Å². The largest absolute Gasteiger partial charge is 0.310 e. The molecule has 1 heterocycles. The molecule has 0 aliphatic heterocycles. The minimum atomic E-state index is -0.517. The molecule has 0 bridgehead atoms. The van der Waals surface area contributed by atoms with Gasteiger partial charge >= 0.3 is 0 Å². The van der Waals surface area contributed by atoms with E-state index in [0.29, 0.717) is 0 Å². The maximum absolute atomic E-state index is 2.54. The first-order valence-corrected chi connectivity index (χ1v) is 21.9. The molecule has 2 aliphatic rings. The van der Waals surface area contributed by atoms with Crippen molar-refractivity contribution in [3.05, 3.63) is 253 Å². The van der Waals surface area contributed by atoms with Crippen molar-refractivity contribution >= 4 is 71.2 Å². The number of hydrogen-bond acceptors (Lipinski definition) is 1. The first-order chi connectivity index (χ1) is 31.3. The molecule has 0 N–H and O–H groups in total. The van der Waals surface area contributed by atoms with Crippen molar-refractivity contribution in [3.63, 3.8) is 0 Å². The van der Waals surface area contributed by atoms with Crippen LogP contribution >= 0.6 is 0 Å². The summed E-state index contributed by atoms with van der Waals surface area (Å²) in [6, 6.07) is 85.9. The van der Waals surface area contributed by atoms with E-state index in [1.54, 1.807) is 0 Å².